The molecule has 5 heteroatoms. The summed E-state index contributed by atoms with van der Waals surface area (Å²) in [5.74, 6) is 0.694. The summed E-state index contributed by atoms with van der Waals surface area (Å²) in [6, 6.07) is 15.8. The van der Waals surface area contributed by atoms with Crippen molar-refractivity contribution >= 4 is 40.4 Å². The van der Waals surface area contributed by atoms with Gasteiger partial charge in [0, 0.05) is 14.1 Å². The fourth-order valence-corrected chi connectivity index (χ4v) is 2.47. The van der Waals surface area contributed by atoms with Crippen LogP contribution in [0, 0.1) is 13.8 Å². The van der Waals surface area contributed by atoms with Gasteiger partial charge in [-0.25, -0.2) is 4.90 Å². The van der Waals surface area contributed by atoms with Crippen LogP contribution in [-0.2, 0) is 0 Å². The highest BCUT2D eigenvalue weighted by Crippen LogP contribution is 2.20. The predicted octanol–water partition coefficient (Wildman–Crippen LogP) is 4.32. The molecule has 2 aromatic rings. The first-order valence-corrected chi connectivity index (χ1v) is 8.06. The maximum absolute atomic E-state index is 5.83. The number of hydrogen-bond donors (Lipinski definition) is 0. The van der Waals surface area contributed by atoms with E-state index in [1.54, 1.807) is 4.90 Å². The molecular formula is C18H20N2OS2. The summed E-state index contributed by atoms with van der Waals surface area (Å²) >= 11 is 11.0. The van der Waals surface area contributed by atoms with Gasteiger partial charge in [-0.15, -0.1) is 0 Å². The molecule has 0 aliphatic rings. The normalized spacial score (nSPS) is 10.1. The second kappa shape index (κ2) is 7.53. The Bertz CT molecular complexity index is 694. The third kappa shape index (κ3) is 4.50. The SMILES string of the molecule is Cc1ccc(OC(=S)N(C(=S)N(C)C)c2ccc(C)cc2)cc1. The molecule has 0 fully saturated rings. The average molecular weight is 345 g/mol. The molecule has 0 aromatic heterocycles. The molecule has 0 saturated carbocycles. The second-order valence-electron chi connectivity index (χ2n) is 5.53. The molecule has 0 bridgehead atoms. The molecule has 0 aliphatic carbocycles. The van der Waals surface area contributed by atoms with Crippen LogP contribution in [0.4, 0.5) is 5.69 Å². The number of anilines is 1. The van der Waals surface area contributed by atoms with E-state index in [-0.39, 0.29) is 0 Å². The summed E-state index contributed by atoms with van der Waals surface area (Å²) < 4.78 is 5.83. The van der Waals surface area contributed by atoms with Crippen molar-refractivity contribution in [1.29, 1.82) is 0 Å². The Morgan fingerprint density at radius 3 is 1.78 bits per heavy atom. The van der Waals surface area contributed by atoms with Gasteiger partial charge in [0.15, 0.2) is 5.11 Å². The van der Waals surface area contributed by atoms with Gasteiger partial charge >= 0.3 is 0 Å². The summed E-state index contributed by atoms with van der Waals surface area (Å²) in [4.78, 5) is 3.59. The molecule has 2 rings (SSSR count). The topological polar surface area (TPSA) is 15.7 Å². The smallest absolute Gasteiger partial charge is 0.275 e. The largest absolute Gasteiger partial charge is 0.431 e. The molecule has 0 amide bonds. The third-order valence-electron chi connectivity index (χ3n) is 3.27. The van der Waals surface area contributed by atoms with Gasteiger partial charge in [-0.1, -0.05) is 35.4 Å². The van der Waals surface area contributed by atoms with E-state index in [4.69, 9.17) is 29.2 Å². The highest BCUT2D eigenvalue weighted by molar-refractivity contribution is 7.82. The van der Waals surface area contributed by atoms with Crippen molar-refractivity contribution in [3.05, 3.63) is 59.7 Å². The van der Waals surface area contributed by atoms with Crippen molar-refractivity contribution in [1.82, 2.24) is 4.90 Å². The van der Waals surface area contributed by atoms with Gasteiger partial charge in [-0.2, -0.15) is 0 Å². The minimum absolute atomic E-state index is 0.302. The minimum atomic E-state index is 0.302. The van der Waals surface area contributed by atoms with E-state index in [9.17, 15) is 0 Å². The van der Waals surface area contributed by atoms with Gasteiger partial charge in [-0.05, 0) is 62.5 Å². The fourth-order valence-electron chi connectivity index (χ4n) is 1.94. The molecule has 23 heavy (non-hydrogen) atoms. The molecule has 0 aliphatic heterocycles. The molecule has 0 N–H and O–H groups in total. The van der Waals surface area contributed by atoms with Crippen LogP contribution in [0.25, 0.3) is 0 Å². The molecule has 0 saturated heterocycles. The maximum Gasteiger partial charge on any atom is 0.275 e. The number of aryl methyl sites for hydroxylation is 2. The number of ether oxygens (including phenoxy) is 1. The van der Waals surface area contributed by atoms with E-state index in [2.05, 4.69) is 0 Å². The Labute approximate surface area is 148 Å². The van der Waals surface area contributed by atoms with E-state index in [1.807, 2.05) is 81.4 Å². The summed E-state index contributed by atoms with van der Waals surface area (Å²) in [5, 5.41) is 0.877. The lowest BCUT2D eigenvalue weighted by molar-refractivity contribution is 0.549. The average Bonchev–Trinajstić information content (AvgIpc) is 2.51. The first-order chi connectivity index (χ1) is 10.9. The Balaban J connectivity index is 2.29. The number of hydrogen-bond acceptors (Lipinski definition) is 3. The standard InChI is InChI=1S/C18H20N2OS2/c1-13-5-9-15(10-6-13)20(17(22)19(3)4)18(23)21-16-11-7-14(2)8-12-16/h5-12H,1-4H3. The van der Waals surface area contributed by atoms with Gasteiger partial charge in [0.25, 0.3) is 5.17 Å². The molecule has 0 atom stereocenters. The number of rotatable bonds is 2. The molecule has 3 nitrogen and oxygen atoms in total. The van der Waals surface area contributed by atoms with Gasteiger partial charge < -0.3 is 9.64 Å². The summed E-state index contributed by atoms with van der Waals surface area (Å²) in [5.41, 5.74) is 3.23. The quantitative estimate of drug-likeness (QED) is 0.752. The summed E-state index contributed by atoms with van der Waals surface area (Å²) in [6.07, 6.45) is 0. The van der Waals surface area contributed by atoms with Crippen LogP contribution in [0.3, 0.4) is 0 Å². The molecule has 120 valence electrons. The molecule has 0 spiro atoms. The molecule has 2 aromatic carbocycles. The molecule has 0 unspecified atom stereocenters. The van der Waals surface area contributed by atoms with Crippen molar-refractivity contribution < 1.29 is 4.74 Å². The van der Waals surface area contributed by atoms with Crippen LogP contribution in [0.1, 0.15) is 11.1 Å². The van der Waals surface area contributed by atoms with Crippen LogP contribution in [0.5, 0.6) is 5.75 Å². The number of nitrogens with zero attached hydrogens (tertiary/aromatic N) is 2. The second-order valence-corrected chi connectivity index (χ2v) is 6.24. The zero-order chi connectivity index (χ0) is 17.0. The number of thiocarbonyl (C=S) groups is 2. The van der Waals surface area contributed by atoms with Crippen LogP contribution < -0.4 is 9.64 Å². The van der Waals surface area contributed by atoms with E-state index >= 15 is 0 Å². The van der Waals surface area contributed by atoms with Crippen molar-refractivity contribution in [2.24, 2.45) is 0 Å². The first kappa shape index (κ1) is 17.4. The molecular weight excluding hydrogens is 324 g/mol. The Morgan fingerprint density at radius 1 is 0.826 bits per heavy atom. The van der Waals surface area contributed by atoms with Crippen LogP contribution >= 0.6 is 24.4 Å². The predicted molar refractivity (Wildman–Crippen MR) is 104 cm³/mol. The van der Waals surface area contributed by atoms with Gasteiger partial charge in [0.2, 0.25) is 0 Å². The number of benzene rings is 2. The van der Waals surface area contributed by atoms with Crippen molar-refractivity contribution in [3.8, 4) is 5.75 Å². The van der Waals surface area contributed by atoms with Crippen LogP contribution in [-0.4, -0.2) is 29.3 Å². The highest BCUT2D eigenvalue weighted by atomic mass is 32.1. The van der Waals surface area contributed by atoms with Gasteiger partial charge in [-0.3, -0.25) is 0 Å². The third-order valence-corrected chi connectivity index (χ3v) is 4.09. The first-order valence-electron chi connectivity index (χ1n) is 7.25. The Hall–Kier alpha value is -1.98. The Morgan fingerprint density at radius 2 is 1.30 bits per heavy atom. The summed E-state index contributed by atoms with van der Waals surface area (Å²) in [7, 11) is 3.77. The van der Waals surface area contributed by atoms with Crippen molar-refractivity contribution in [2.45, 2.75) is 13.8 Å². The zero-order valence-electron chi connectivity index (χ0n) is 13.7. The minimum Gasteiger partial charge on any atom is -0.431 e. The lowest BCUT2D eigenvalue weighted by atomic mass is 10.2. The van der Waals surface area contributed by atoms with Crippen molar-refractivity contribution in [3.63, 3.8) is 0 Å². The Kier molecular flexibility index (Phi) is 5.69. The maximum atomic E-state index is 5.83. The lowest BCUT2D eigenvalue weighted by Crippen LogP contribution is -2.44. The lowest BCUT2D eigenvalue weighted by Gasteiger charge is -2.29. The van der Waals surface area contributed by atoms with Crippen molar-refractivity contribution in [2.75, 3.05) is 19.0 Å². The van der Waals surface area contributed by atoms with Gasteiger partial charge in [0.05, 0.1) is 5.69 Å². The van der Waals surface area contributed by atoms with Crippen LogP contribution in [0.2, 0.25) is 0 Å². The van der Waals surface area contributed by atoms with Crippen LogP contribution in [0.15, 0.2) is 48.5 Å². The van der Waals surface area contributed by atoms with E-state index in [1.165, 1.54) is 11.1 Å². The molecule has 0 heterocycles. The van der Waals surface area contributed by atoms with E-state index < -0.39 is 0 Å². The summed E-state index contributed by atoms with van der Waals surface area (Å²) in [6.45, 7) is 4.07. The zero-order valence-corrected chi connectivity index (χ0v) is 15.4. The monoisotopic (exact) mass is 344 g/mol. The van der Waals surface area contributed by atoms with Gasteiger partial charge in [0.1, 0.15) is 5.75 Å². The highest BCUT2D eigenvalue weighted by Gasteiger charge is 2.20. The van der Waals surface area contributed by atoms with E-state index in [0.717, 1.165) is 5.69 Å². The fraction of sp³-hybridized carbons (Fsp3) is 0.222. The molecule has 0 radical (unpaired) electrons. The van der Waals surface area contributed by atoms with E-state index in [0.29, 0.717) is 16.0 Å².